The van der Waals surface area contributed by atoms with E-state index in [0.717, 1.165) is 19.7 Å². The zero-order valence-electron chi connectivity index (χ0n) is 8.16. The van der Waals surface area contributed by atoms with E-state index in [9.17, 15) is 5.11 Å². The van der Waals surface area contributed by atoms with Crippen molar-refractivity contribution in [1.29, 1.82) is 0 Å². The summed E-state index contributed by atoms with van der Waals surface area (Å²) in [5.74, 6) is 0. The van der Waals surface area contributed by atoms with E-state index in [0.29, 0.717) is 6.10 Å². The Bertz CT molecular complexity index is 138. The summed E-state index contributed by atoms with van der Waals surface area (Å²) in [6.45, 7) is 8.63. The van der Waals surface area contributed by atoms with Gasteiger partial charge >= 0.3 is 0 Å². The van der Waals surface area contributed by atoms with Crippen molar-refractivity contribution < 1.29 is 9.84 Å². The van der Waals surface area contributed by atoms with Gasteiger partial charge in [-0.05, 0) is 20.8 Å². The standard InChI is InChI=1S/C9H19NO2/c1-7-6-10(4-5-12-7)8(2)9(3)11/h7-9,11H,4-6H2,1-3H3. The molecule has 3 heteroatoms. The van der Waals surface area contributed by atoms with Crippen molar-refractivity contribution in [3.63, 3.8) is 0 Å². The van der Waals surface area contributed by atoms with Gasteiger partial charge in [-0.25, -0.2) is 0 Å². The van der Waals surface area contributed by atoms with Gasteiger partial charge in [0, 0.05) is 19.1 Å². The molecule has 0 aromatic heterocycles. The van der Waals surface area contributed by atoms with Crippen molar-refractivity contribution in [3.05, 3.63) is 0 Å². The van der Waals surface area contributed by atoms with Gasteiger partial charge in [-0.2, -0.15) is 0 Å². The fraction of sp³-hybridized carbons (Fsp3) is 1.00. The lowest BCUT2D eigenvalue weighted by Crippen LogP contribution is -2.49. The Morgan fingerprint density at radius 2 is 2.17 bits per heavy atom. The van der Waals surface area contributed by atoms with Crippen molar-refractivity contribution in [2.75, 3.05) is 19.7 Å². The number of rotatable bonds is 2. The SMILES string of the molecule is CC1CN(C(C)C(C)O)CCO1. The molecular weight excluding hydrogens is 154 g/mol. The summed E-state index contributed by atoms with van der Waals surface area (Å²) < 4.78 is 5.41. The molecule has 3 nitrogen and oxygen atoms in total. The molecule has 1 aliphatic rings. The molecule has 0 radical (unpaired) electrons. The van der Waals surface area contributed by atoms with Crippen LogP contribution in [0.1, 0.15) is 20.8 Å². The summed E-state index contributed by atoms with van der Waals surface area (Å²) in [5.41, 5.74) is 0. The van der Waals surface area contributed by atoms with E-state index in [-0.39, 0.29) is 12.1 Å². The van der Waals surface area contributed by atoms with Gasteiger partial charge in [-0.1, -0.05) is 0 Å². The first-order chi connectivity index (χ1) is 5.61. The number of morpholine rings is 1. The van der Waals surface area contributed by atoms with E-state index in [1.54, 1.807) is 0 Å². The maximum atomic E-state index is 9.38. The molecule has 12 heavy (non-hydrogen) atoms. The van der Waals surface area contributed by atoms with E-state index >= 15 is 0 Å². The minimum absolute atomic E-state index is 0.247. The van der Waals surface area contributed by atoms with Crippen LogP contribution in [-0.2, 0) is 4.74 Å². The summed E-state index contributed by atoms with van der Waals surface area (Å²) >= 11 is 0. The van der Waals surface area contributed by atoms with Crippen LogP contribution in [0.2, 0.25) is 0 Å². The second-order valence-electron chi connectivity index (χ2n) is 3.66. The molecule has 1 saturated heterocycles. The highest BCUT2D eigenvalue weighted by Gasteiger charge is 2.23. The monoisotopic (exact) mass is 173 g/mol. The molecular formula is C9H19NO2. The molecule has 1 rings (SSSR count). The molecule has 3 atom stereocenters. The summed E-state index contributed by atoms with van der Waals surface area (Å²) in [7, 11) is 0. The summed E-state index contributed by atoms with van der Waals surface area (Å²) in [4.78, 5) is 2.28. The van der Waals surface area contributed by atoms with Crippen LogP contribution in [0.5, 0.6) is 0 Å². The highest BCUT2D eigenvalue weighted by Crippen LogP contribution is 2.10. The maximum Gasteiger partial charge on any atom is 0.0674 e. The van der Waals surface area contributed by atoms with Gasteiger partial charge in [0.1, 0.15) is 0 Å². The van der Waals surface area contributed by atoms with Gasteiger partial charge in [0.25, 0.3) is 0 Å². The second-order valence-corrected chi connectivity index (χ2v) is 3.66. The van der Waals surface area contributed by atoms with Gasteiger partial charge in [0.05, 0.1) is 18.8 Å². The lowest BCUT2D eigenvalue weighted by atomic mass is 10.1. The van der Waals surface area contributed by atoms with E-state index in [2.05, 4.69) is 18.7 Å². The predicted octanol–water partition coefficient (Wildman–Crippen LogP) is 0.476. The van der Waals surface area contributed by atoms with Gasteiger partial charge in [-0.3, -0.25) is 4.90 Å². The topological polar surface area (TPSA) is 32.7 Å². The maximum absolute atomic E-state index is 9.38. The number of hydrogen-bond acceptors (Lipinski definition) is 3. The van der Waals surface area contributed by atoms with E-state index < -0.39 is 0 Å². The van der Waals surface area contributed by atoms with Crippen LogP contribution >= 0.6 is 0 Å². The highest BCUT2D eigenvalue weighted by atomic mass is 16.5. The molecule has 0 aromatic rings. The van der Waals surface area contributed by atoms with Crippen LogP contribution < -0.4 is 0 Å². The highest BCUT2D eigenvalue weighted by molar-refractivity contribution is 4.76. The molecule has 3 unspecified atom stereocenters. The molecule has 0 saturated carbocycles. The zero-order valence-corrected chi connectivity index (χ0v) is 8.16. The minimum atomic E-state index is -0.254. The first-order valence-electron chi connectivity index (χ1n) is 4.65. The third-order valence-electron chi connectivity index (χ3n) is 2.55. The summed E-state index contributed by atoms with van der Waals surface area (Å²) in [5, 5.41) is 9.38. The molecule has 0 aliphatic carbocycles. The van der Waals surface area contributed by atoms with Gasteiger partial charge in [0.15, 0.2) is 0 Å². The molecule has 0 amide bonds. The van der Waals surface area contributed by atoms with Crippen LogP contribution in [-0.4, -0.2) is 48.0 Å². The van der Waals surface area contributed by atoms with Gasteiger partial charge in [-0.15, -0.1) is 0 Å². The summed E-state index contributed by atoms with van der Waals surface area (Å²) in [6, 6.07) is 0.247. The Hall–Kier alpha value is -0.120. The van der Waals surface area contributed by atoms with E-state index in [1.165, 1.54) is 0 Å². The molecule has 1 N–H and O–H groups in total. The zero-order chi connectivity index (χ0) is 9.14. The summed E-state index contributed by atoms with van der Waals surface area (Å²) in [6.07, 6.45) is 0.0512. The molecule has 1 heterocycles. The van der Waals surface area contributed by atoms with Crippen molar-refractivity contribution in [1.82, 2.24) is 4.90 Å². The lowest BCUT2D eigenvalue weighted by Gasteiger charge is -2.36. The van der Waals surface area contributed by atoms with Gasteiger partial charge < -0.3 is 9.84 Å². The number of ether oxygens (including phenoxy) is 1. The van der Waals surface area contributed by atoms with Crippen molar-refractivity contribution >= 4 is 0 Å². The number of aliphatic hydroxyl groups excluding tert-OH is 1. The molecule has 72 valence electrons. The van der Waals surface area contributed by atoms with Gasteiger partial charge in [0.2, 0.25) is 0 Å². The number of nitrogens with zero attached hydrogens (tertiary/aromatic N) is 1. The third kappa shape index (κ3) is 2.44. The Labute approximate surface area is 74.3 Å². The van der Waals surface area contributed by atoms with Crippen LogP contribution in [0.4, 0.5) is 0 Å². The average Bonchev–Trinajstić information content (AvgIpc) is 2.03. The second kappa shape index (κ2) is 4.21. The normalized spacial score (nSPS) is 31.5. The fourth-order valence-electron chi connectivity index (χ4n) is 1.52. The van der Waals surface area contributed by atoms with Crippen molar-refractivity contribution in [2.24, 2.45) is 0 Å². The Kier molecular flexibility index (Phi) is 3.50. The first kappa shape index (κ1) is 9.96. The Balaban J connectivity index is 2.40. The average molecular weight is 173 g/mol. The van der Waals surface area contributed by atoms with Crippen molar-refractivity contribution in [2.45, 2.75) is 39.0 Å². The van der Waals surface area contributed by atoms with Crippen LogP contribution in [0.25, 0.3) is 0 Å². The Morgan fingerprint density at radius 1 is 1.50 bits per heavy atom. The number of aliphatic hydroxyl groups is 1. The van der Waals surface area contributed by atoms with E-state index in [4.69, 9.17) is 4.74 Å². The molecule has 1 fully saturated rings. The predicted molar refractivity (Wildman–Crippen MR) is 48.1 cm³/mol. The fourth-order valence-corrected chi connectivity index (χ4v) is 1.52. The largest absolute Gasteiger partial charge is 0.392 e. The van der Waals surface area contributed by atoms with Crippen LogP contribution in [0.15, 0.2) is 0 Å². The van der Waals surface area contributed by atoms with Crippen LogP contribution in [0, 0.1) is 0 Å². The molecule has 0 aromatic carbocycles. The minimum Gasteiger partial charge on any atom is -0.392 e. The van der Waals surface area contributed by atoms with Crippen LogP contribution in [0.3, 0.4) is 0 Å². The molecule has 0 spiro atoms. The third-order valence-corrected chi connectivity index (χ3v) is 2.55. The first-order valence-corrected chi connectivity index (χ1v) is 4.65. The Morgan fingerprint density at radius 3 is 2.67 bits per heavy atom. The lowest BCUT2D eigenvalue weighted by molar-refractivity contribution is -0.0505. The molecule has 0 bridgehead atoms. The quantitative estimate of drug-likeness (QED) is 0.659. The van der Waals surface area contributed by atoms with Crippen molar-refractivity contribution in [3.8, 4) is 0 Å². The molecule has 1 aliphatic heterocycles. The smallest absolute Gasteiger partial charge is 0.0674 e. The number of hydrogen-bond donors (Lipinski definition) is 1. The van der Waals surface area contributed by atoms with E-state index in [1.807, 2.05) is 6.92 Å².